The van der Waals surface area contributed by atoms with Crippen molar-refractivity contribution >= 4 is 5.69 Å². The molecule has 0 saturated heterocycles. The molecule has 0 fully saturated rings. The molecule has 1 aromatic rings. The van der Waals surface area contributed by atoms with E-state index in [9.17, 15) is 0 Å². The van der Waals surface area contributed by atoms with Crippen LogP contribution in [0, 0.1) is 6.92 Å². The van der Waals surface area contributed by atoms with Gasteiger partial charge in [0.15, 0.2) is 0 Å². The Morgan fingerprint density at radius 1 is 1.35 bits per heavy atom. The van der Waals surface area contributed by atoms with Crippen molar-refractivity contribution in [1.82, 2.24) is 4.90 Å². The molecule has 1 atom stereocenters. The van der Waals surface area contributed by atoms with E-state index in [4.69, 9.17) is 0 Å². The second-order valence-electron chi connectivity index (χ2n) is 5.49. The molecule has 2 nitrogen and oxygen atoms in total. The minimum atomic E-state index is 0.599. The van der Waals surface area contributed by atoms with Crippen molar-refractivity contribution in [1.29, 1.82) is 0 Å². The number of anilines is 1. The maximum absolute atomic E-state index is 2.54. The van der Waals surface area contributed by atoms with Crippen LogP contribution in [0.4, 0.5) is 5.69 Å². The van der Waals surface area contributed by atoms with Crippen molar-refractivity contribution in [2.75, 3.05) is 32.1 Å². The number of hydrogen-bond acceptors (Lipinski definition) is 2. The minimum absolute atomic E-state index is 0.599. The van der Waals surface area contributed by atoms with Crippen LogP contribution in [0.1, 0.15) is 24.5 Å². The van der Waals surface area contributed by atoms with Gasteiger partial charge in [-0.05, 0) is 52.4 Å². The summed E-state index contributed by atoms with van der Waals surface area (Å²) >= 11 is 0. The molecule has 0 amide bonds. The van der Waals surface area contributed by atoms with E-state index < -0.39 is 0 Å². The van der Waals surface area contributed by atoms with Gasteiger partial charge in [0.1, 0.15) is 0 Å². The van der Waals surface area contributed by atoms with Crippen LogP contribution in [0.5, 0.6) is 0 Å². The Balaban J connectivity index is 2.17. The maximum atomic E-state index is 2.54. The molecule has 1 aliphatic heterocycles. The third kappa shape index (κ3) is 2.81. The molecular weight excluding hydrogens is 208 g/mol. The lowest BCUT2D eigenvalue weighted by molar-refractivity contribution is 0.313. The first-order chi connectivity index (χ1) is 8.08. The summed E-state index contributed by atoms with van der Waals surface area (Å²) in [6.07, 6.45) is 2.53. The van der Waals surface area contributed by atoms with Crippen LogP contribution >= 0.6 is 0 Å². The van der Waals surface area contributed by atoms with Gasteiger partial charge in [-0.25, -0.2) is 0 Å². The van der Waals surface area contributed by atoms with Gasteiger partial charge in [-0.1, -0.05) is 17.7 Å². The van der Waals surface area contributed by atoms with E-state index in [0.717, 1.165) is 6.54 Å². The van der Waals surface area contributed by atoms with Crippen molar-refractivity contribution in [3.63, 3.8) is 0 Å². The number of aryl methyl sites for hydroxylation is 2. The number of benzene rings is 1. The Hall–Kier alpha value is -1.02. The van der Waals surface area contributed by atoms with Gasteiger partial charge in [-0.3, -0.25) is 0 Å². The summed E-state index contributed by atoms with van der Waals surface area (Å²) < 4.78 is 0. The molecule has 0 bridgehead atoms. The fourth-order valence-corrected chi connectivity index (χ4v) is 2.48. The van der Waals surface area contributed by atoms with Crippen molar-refractivity contribution in [3.05, 3.63) is 29.3 Å². The molecular formula is C15H24N2. The largest absolute Gasteiger partial charge is 0.370 e. The van der Waals surface area contributed by atoms with Gasteiger partial charge in [-0.2, -0.15) is 0 Å². The molecule has 17 heavy (non-hydrogen) atoms. The van der Waals surface area contributed by atoms with Crippen LogP contribution < -0.4 is 4.90 Å². The van der Waals surface area contributed by atoms with Gasteiger partial charge in [-0.15, -0.1) is 0 Å². The maximum Gasteiger partial charge on any atom is 0.0399 e. The monoisotopic (exact) mass is 232 g/mol. The molecule has 2 heteroatoms. The number of rotatable bonds is 3. The predicted molar refractivity (Wildman–Crippen MR) is 74.9 cm³/mol. The number of fused-ring (bicyclic) bond motifs is 1. The second-order valence-corrected chi connectivity index (χ2v) is 5.49. The normalized spacial score (nSPS) is 17.1. The van der Waals surface area contributed by atoms with Crippen LogP contribution in [-0.2, 0) is 6.42 Å². The van der Waals surface area contributed by atoms with Crippen molar-refractivity contribution < 1.29 is 0 Å². The highest BCUT2D eigenvalue weighted by Crippen LogP contribution is 2.28. The molecule has 0 saturated carbocycles. The highest BCUT2D eigenvalue weighted by Gasteiger charge is 2.19. The molecule has 0 aliphatic carbocycles. The van der Waals surface area contributed by atoms with E-state index in [1.165, 1.54) is 36.2 Å². The van der Waals surface area contributed by atoms with E-state index in [-0.39, 0.29) is 0 Å². The lowest BCUT2D eigenvalue weighted by Gasteiger charge is -2.35. The van der Waals surface area contributed by atoms with Crippen molar-refractivity contribution in [2.45, 2.75) is 32.7 Å². The smallest absolute Gasteiger partial charge is 0.0399 e. The first kappa shape index (κ1) is 12.4. The molecule has 0 N–H and O–H groups in total. The molecule has 0 radical (unpaired) electrons. The first-order valence-corrected chi connectivity index (χ1v) is 6.59. The van der Waals surface area contributed by atoms with E-state index in [1.807, 2.05) is 0 Å². The Kier molecular flexibility index (Phi) is 3.72. The summed E-state index contributed by atoms with van der Waals surface area (Å²) in [6, 6.07) is 7.48. The fourth-order valence-electron chi connectivity index (χ4n) is 2.48. The van der Waals surface area contributed by atoms with E-state index in [0.29, 0.717) is 6.04 Å². The number of nitrogens with zero attached hydrogens (tertiary/aromatic N) is 2. The van der Waals surface area contributed by atoms with Gasteiger partial charge < -0.3 is 9.80 Å². The molecule has 1 aromatic carbocycles. The third-order valence-electron chi connectivity index (χ3n) is 3.82. The van der Waals surface area contributed by atoms with Gasteiger partial charge in [0.2, 0.25) is 0 Å². The summed E-state index contributed by atoms with van der Waals surface area (Å²) in [6.45, 7) is 6.81. The Bertz CT molecular complexity index is 385. The second kappa shape index (κ2) is 5.09. The summed E-state index contributed by atoms with van der Waals surface area (Å²) in [5.74, 6) is 0. The third-order valence-corrected chi connectivity index (χ3v) is 3.82. The van der Waals surface area contributed by atoms with E-state index >= 15 is 0 Å². The molecule has 94 valence electrons. The SMILES string of the molecule is Cc1ccc2c(c1)CCCN2CC(C)N(C)C. The highest BCUT2D eigenvalue weighted by atomic mass is 15.2. The minimum Gasteiger partial charge on any atom is -0.370 e. The Labute approximate surface area is 105 Å². The Morgan fingerprint density at radius 2 is 2.12 bits per heavy atom. The topological polar surface area (TPSA) is 6.48 Å². The van der Waals surface area contributed by atoms with Crippen molar-refractivity contribution in [2.24, 2.45) is 0 Å². The Morgan fingerprint density at radius 3 is 2.82 bits per heavy atom. The zero-order valence-electron chi connectivity index (χ0n) is 11.5. The number of hydrogen-bond donors (Lipinski definition) is 0. The summed E-state index contributed by atoms with van der Waals surface area (Å²) in [4.78, 5) is 4.84. The van der Waals surface area contributed by atoms with Crippen molar-refractivity contribution in [3.8, 4) is 0 Å². The summed E-state index contributed by atoms with van der Waals surface area (Å²) in [7, 11) is 4.31. The van der Waals surface area contributed by atoms with Crippen LogP contribution in [0.3, 0.4) is 0 Å². The standard InChI is InChI=1S/C15H24N2/c1-12-7-8-15-14(10-12)6-5-9-17(15)11-13(2)16(3)4/h7-8,10,13H,5-6,9,11H2,1-4H3. The van der Waals surface area contributed by atoms with E-state index in [1.54, 1.807) is 0 Å². The summed E-state index contributed by atoms with van der Waals surface area (Å²) in [5, 5.41) is 0. The van der Waals surface area contributed by atoms with Crippen LogP contribution in [0.25, 0.3) is 0 Å². The van der Waals surface area contributed by atoms with Crippen LogP contribution in [0.2, 0.25) is 0 Å². The molecule has 2 rings (SSSR count). The molecule has 0 aromatic heterocycles. The summed E-state index contributed by atoms with van der Waals surface area (Å²) in [5.41, 5.74) is 4.36. The quantitative estimate of drug-likeness (QED) is 0.790. The lowest BCUT2D eigenvalue weighted by Crippen LogP contribution is -2.40. The van der Waals surface area contributed by atoms with Gasteiger partial charge >= 0.3 is 0 Å². The van der Waals surface area contributed by atoms with Gasteiger partial charge in [0, 0.05) is 24.8 Å². The zero-order valence-corrected chi connectivity index (χ0v) is 11.5. The molecule has 1 unspecified atom stereocenters. The number of likely N-dealkylation sites (N-methyl/N-ethyl adjacent to an activating group) is 1. The highest BCUT2D eigenvalue weighted by molar-refractivity contribution is 5.56. The van der Waals surface area contributed by atoms with Gasteiger partial charge in [0.05, 0.1) is 0 Å². The molecule has 1 heterocycles. The van der Waals surface area contributed by atoms with Gasteiger partial charge in [0.25, 0.3) is 0 Å². The zero-order chi connectivity index (χ0) is 12.4. The average Bonchev–Trinajstić information content (AvgIpc) is 2.28. The van der Waals surface area contributed by atoms with Crippen LogP contribution in [-0.4, -0.2) is 38.1 Å². The first-order valence-electron chi connectivity index (χ1n) is 6.59. The van der Waals surface area contributed by atoms with E-state index in [2.05, 4.69) is 55.9 Å². The molecule has 0 spiro atoms. The predicted octanol–water partition coefficient (Wildman–Crippen LogP) is 2.70. The fraction of sp³-hybridized carbons (Fsp3) is 0.600. The molecule has 1 aliphatic rings. The lowest BCUT2D eigenvalue weighted by atomic mass is 9.99. The average molecular weight is 232 g/mol. The van der Waals surface area contributed by atoms with Crippen LogP contribution in [0.15, 0.2) is 18.2 Å².